The number of para-hydroxylation sites is 2. The molecule has 2 aromatic carbocycles. The summed E-state index contributed by atoms with van der Waals surface area (Å²) < 4.78 is 38.7. The number of hydrogen-bond acceptors (Lipinski definition) is 6. The van der Waals surface area contributed by atoms with Crippen molar-refractivity contribution < 1.29 is 17.9 Å². The van der Waals surface area contributed by atoms with Gasteiger partial charge in [0.2, 0.25) is 10.0 Å². The Morgan fingerprint density at radius 1 is 1.00 bits per heavy atom. The Bertz CT molecular complexity index is 895. The third-order valence-electron chi connectivity index (χ3n) is 5.13. The molecule has 1 fully saturated rings. The van der Waals surface area contributed by atoms with Crippen LogP contribution < -0.4 is 19.1 Å². The smallest absolute Gasteiger partial charge is 0.240 e. The summed E-state index contributed by atoms with van der Waals surface area (Å²) in [6.07, 6.45) is 0.911. The Hall–Kier alpha value is -2.29. The second-order valence-corrected chi connectivity index (χ2v) is 8.99. The molecule has 1 N–H and O–H groups in total. The van der Waals surface area contributed by atoms with Crippen LogP contribution in [0.2, 0.25) is 0 Å². The van der Waals surface area contributed by atoms with E-state index in [4.69, 9.17) is 9.47 Å². The van der Waals surface area contributed by atoms with Gasteiger partial charge in [-0.3, -0.25) is 4.90 Å². The second kappa shape index (κ2) is 10.7. The lowest BCUT2D eigenvalue weighted by Gasteiger charge is -2.36. The van der Waals surface area contributed by atoms with E-state index in [2.05, 4.69) is 20.6 Å². The zero-order chi connectivity index (χ0) is 21.4. The van der Waals surface area contributed by atoms with Crippen LogP contribution in [0.3, 0.4) is 0 Å². The molecule has 0 saturated carbocycles. The van der Waals surface area contributed by atoms with Crippen LogP contribution in [0, 0.1) is 0 Å². The minimum absolute atomic E-state index is 0.257. The maximum absolute atomic E-state index is 12.5. The fraction of sp³-hybridized carbons (Fsp3) is 0.455. The topological polar surface area (TPSA) is 71.1 Å². The number of sulfonamides is 1. The Morgan fingerprint density at radius 2 is 1.70 bits per heavy atom. The fourth-order valence-electron chi connectivity index (χ4n) is 3.46. The van der Waals surface area contributed by atoms with Crippen molar-refractivity contribution >= 4 is 15.7 Å². The van der Waals surface area contributed by atoms with Gasteiger partial charge in [0.15, 0.2) is 0 Å². The van der Waals surface area contributed by atoms with Crippen LogP contribution in [-0.4, -0.2) is 66.3 Å². The van der Waals surface area contributed by atoms with Crippen LogP contribution in [0.5, 0.6) is 11.5 Å². The van der Waals surface area contributed by atoms with E-state index in [1.165, 1.54) is 0 Å². The monoisotopic (exact) mass is 433 g/mol. The third kappa shape index (κ3) is 5.87. The third-order valence-corrected chi connectivity index (χ3v) is 6.60. The number of anilines is 1. The quantitative estimate of drug-likeness (QED) is 0.621. The molecule has 2 aromatic rings. The molecule has 7 nitrogen and oxygen atoms in total. The molecule has 0 atom stereocenters. The van der Waals surface area contributed by atoms with Crippen LogP contribution in [0.1, 0.15) is 13.3 Å². The number of nitrogens with zero attached hydrogens (tertiary/aromatic N) is 2. The first kappa shape index (κ1) is 22.4. The van der Waals surface area contributed by atoms with Crippen LogP contribution in [0.15, 0.2) is 53.4 Å². The maximum atomic E-state index is 12.5. The molecule has 3 rings (SSSR count). The van der Waals surface area contributed by atoms with Gasteiger partial charge in [-0.05, 0) is 42.8 Å². The summed E-state index contributed by atoms with van der Waals surface area (Å²) in [6.45, 7) is 7.22. The van der Waals surface area contributed by atoms with Crippen molar-refractivity contribution in [1.29, 1.82) is 0 Å². The molecular weight excluding hydrogens is 402 g/mol. The van der Waals surface area contributed by atoms with Gasteiger partial charge in [-0.2, -0.15) is 0 Å². The van der Waals surface area contributed by atoms with E-state index in [-0.39, 0.29) is 4.90 Å². The second-order valence-electron chi connectivity index (χ2n) is 7.22. The standard InChI is InChI=1S/C22H31N3O4S/c1-3-18-29-19-8-10-20(11-9-19)30(26,27)23-12-13-24-14-16-25(17-15-24)21-6-4-5-7-22(21)28-2/h4-11,23H,3,12-18H2,1-2H3. The summed E-state index contributed by atoms with van der Waals surface area (Å²) in [5.74, 6) is 1.56. The van der Waals surface area contributed by atoms with Crippen molar-refractivity contribution in [2.24, 2.45) is 0 Å². The van der Waals surface area contributed by atoms with Gasteiger partial charge >= 0.3 is 0 Å². The first-order valence-electron chi connectivity index (χ1n) is 10.4. The summed E-state index contributed by atoms with van der Waals surface area (Å²) in [4.78, 5) is 4.84. The highest BCUT2D eigenvalue weighted by Crippen LogP contribution is 2.28. The van der Waals surface area contributed by atoms with Crippen LogP contribution in [-0.2, 0) is 10.0 Å². The van der Waals surface area contributed by atoms with Crippen molar-refractivity contribution in [1.82, 2.24) is 9.62 Å². The molecule has 30 heavy (non-hydrogen) atoms. The summed E-state index contributed by atoms with van der Waals surface area (Å²) >= 11 is 0. The molecule has 0 radical (unpaired) electrons. The molecule has 164 valence electrons. The number of piperazine rings is 1. The molecule has 1 saturated heterocycles. The summed E-state index contributed by atoms with van der Waals surface area (Å²) in [6, 6.07) is 14.6. The molecule has 0 bridgehead atoms. The molecule has 1 aliphatic rings. The van der Waals surface area contributed by atoms with Gasteiger partial charge in [0, 0.05) is 39.3 Å². The summed E-state index contributed by atoms with van der Waals surface area (Å²) in [5.41, 5.74) is 1.10. The van der Waals surface area contributed by atoms with E-state index in [1.54, 1.807) is 31.4 Å². The normalized spacial score (nSPS) is 15.2. The van der Waals surface area contributed by atoms with Crippen molar-refractivity contribution in [3.63, 3.8) is 0 Å². The van der Waals surface area contributed by atoms with Crippen molar-refractivity contribution in [2.45, 2.75) is 18.2 Å². The largest absolute Gasteiger partial charge is 0.495 e. The highest BCUT2D eigenvalue weighted by Gasteiger charge is 2.20. The van der Waals surface area contributed by atoms with Gasteiger partial charge in [-0.15, -0.1) is 0 Å². The van der Waals surface area contributed by atoms with Crippen LogP contribution >= 0.6 is 0 Å². The van der Waals surface area contributed by atoms with E-state index in [9.17, 15) is 8.42 Å². The van der Waals surface area contributed by atoms with Crippen LogP contribution in [0.4, 0.5) is 5.69 Å². The van der Waals surface area contributed by atoms with Crippen molar-refractivity contribution in [2.75, 3.05) is 57.9 Å². The summed E-state index contributed by atoms with van der Waals surface area (Å²) in [5, 5.41) is 0. The molecule has 0 spiro atoms. The average Bonchev–Trinajstić information content (AvgIpc) is 2.78. The fourth-order valence-corrected chi connectivity index (χ4v) is 4.48. The number of nitrogens with one attached hydrogen (secondary N) is 1. The molecule has 1 heterocycles. The lowest BCUT2D eigenvalue weighted by atomic mass is 10.2. The molecule has 1 aliphatic heterocycles. The number of methoxy groups -OCH3 is 1. The molecule has 0 unspecified atom stereocenters. The number of benzene rings is 2. The predicted octanol–water partition coefficient (Wildman–Crippen LogP) is 2.58. The van der Waals surface area contributed by atoms with E-state index in [0.29, 0.717) is 25.4 Å². The molecule has 0 amide bonds. The minimum atomic E-state index is -3.52. The number of ether oxygens (including phenoxy) is 2. The Balaban J connectivity index is 1.45. The van der Waals surface area contributed by atoms with Gasteiger partial charge in [-0.25, -0.2) is 13.1 Å². The van der Waals surface area contributed by atoms with E-state index >= 15 is 0 Å². The van der Waals surface area contributed by atoms with Gasteiger partial charge in [0.05, 0.1) is 24.3 Å². The Morgan fingerprint density at radius 3 is 2.37 bits per heavy atom. The number of hydrogen-bond donors (Lipinski definition) is 1. The van der Waals surface area contributed by atoms with Crippen molar-refractivity contribution in [3.8, 4) is 11.5 Å². The average molecular weight is 434 g/mol. The van der Waals surface area contributed by atoms with Crippen molar-refractivity contribution in [3.05, 3.63) is 48.5 Å². The molecule has 0 aromatic heterocycles. The SMILES string of the molecule is CCCOc1ccc(S(=O)(=O)NCCN2CCN(c3ccccc3OC)CC2)cc1. The summed E-state index contributed by atoms with van der Waals surface area (Å²) in [7, 11) is -1.83. The van der Waals surface area contributed by atoms with Gasteiger partial charge in [0.25, 0.3) is 0 Å². The lowest BCUT2D eigenvalue weighted by molar-refractivity contribution is 0.261. The van der Waals surface area contributed by atoms with E-state index < -0.39 is 10.0 Å². The van der Waals surface area contributed by atoms with Gasteiger partial charge in [0.1, 0.15) is 11.5 Å². The molecule has 0 aliphatic carbocycles. The first-order chi connectivity index (χ1) is 14.5. The zero-order valence-electron chi connectivity index (χ0n) is 17.7. The minimum Gasteiger partial charge on any atom is -0.495 e. The number of rotatable bonds is 10. The Labute approximate surface area is 179 Å². The Kier molecular flexibility index (Phi) is 7.95. The van der Waals surface area contributed by atoms with E-state index in [0.717, 1.165) is 44.0 Å². The highest BCUT2D eigenvalue weighted by molar-refractivity contribution is 7.89. The van der Waals surface area contributed by atoms with E-state index in [1.807, 2.05) is 25.1 Å². The molecule has 8 heteroatoms. The highest BCUT2D eigenvalue weighted by atomic mass is 32.2. The lowest BCUT2D eigenvalue weighted by Crippen LogP contribution is -2.48. The zero-order valence-corrected chi connectivity index (χ0v) is 18.5. The predicted molar refractivity (Wildman–Crippen MR) is 119 cm³/mol. The van der Waals surface area contributed by atoms with Gasteiger partial charge in [-0.1, -0.05) is 19.1 Å². The van der Waals surface area contributed by atoms with Gasteiger partial charge < -0.3 is 14.4 Å². The maximum Gasteiger partial charge on any atom is 0.240 e. The first-order valence-corrected chi connectivity index (χ1v) is 11.8. The van der Waals surface area contributed by atoms with Crippen LogP contribution in [0.25, 0.3) is 0 Å². The molecular formula is C22H31N3O4S.